The number of nitrogens with zero attached hydrogens (tertiary/aromatic N) is 4. The predicted octanol–water partition coefficient (Wildman–Crippen LogP) is 2.76. The first-order valence-corrected chi connectivity index (χ1v) is 7.62. The summed E-state index contributed by atoms with van der Waals surface area (Å²) < 4.78 is 15.1. The molecule has 3 heterocycles. The summed E-state index contributed by atoms with van der Waals surface area (Å²) in [4.78, 5) is 20.1. The van der Waals surface area contributed by atoms with Crippen molar-refractivity contribution < 1.29 is 9.18 Å². The van der Waals surface area contributed by atoms with E-state index in [2.05, 4.69) is 15.1 Å². The topological polar surface area (TPSA) is 60.2 Å². The quantitative estimate of drug-likeness (QED) is 0.695. The summed E-state index contributed by atoms with van der Waals surface area (Å²) in [6, 6.07) is 7.31. The molecule has 5 nitrogen and oxygen atoms in total. The molecular weight excluding hydrogens is 295 g/mol. The third kappa shape index (κ3) is 2.60. The van der Waals surface area contributed by atoms with E-state index in [-0.39, 0.29) is 18.1 Å². The summed E-state index contributed by atoms with van der Waals surface area (Å²) in [5.41, 5.74) is 2.68. The maximum absolute atomic E-state index is 13.4. The van der Waals surface area contributed by atoms with Gasteiger partial charge in [0.1, 0.15) is 5.78 Å². The fourth-order valence-corrected chi connectivity index (χ4v) is 2.65. The van der Waals surface area contributed by atoms with Gasteiger partial charge in [0.25, 0.3) is 0 Å². The smallest absolute Gasteiger partial charge is 0.215 e. The van der Waals surface area contributed by atoms with Crippen molar-refractivity contribution in [1.29, 1.82) is 0 Å². The van der Waals surface area contributed by atoms with Crippen LogP contribution in [0.1, 0.15) is 24.2 Å². The number of hydrogen-bond donors (Lipinski definition) is 0. The zero-order valence-corrected chi connectivity index (χ0v) is 12.7. The third-order valence-electron chi connectivity index (χ3n) is 4.08. The number of halogens is 1. The van der Waals surface area contributed by atoms with E-state index in [1.165, 1.54) is 6.20 Å². The highest BCUT2D eigenvalue weighted by Gasteiger charge is 2.30. The molecule has 116 valence electrons. The van der Waals surface area contributed by atoms with E-state index < -0.39 is 5.95 Å². The monoisotopic (exact) mass is 310 g/mol. The van der Waals surface area contributed by atoms with Crippen LogP contribution in [0, 0.1) is 18.8 Å². The van der Waals surface area contributed by atoms with Gasteiger partial charge in [-0.25, -0.2) is 14.5 Å². The van der Waals surface area contributed by atoms with E-state index >= 15 is 0 Å². The van der Waals surface area contributed by atoms with Crippen LogP contribution in [0.2, 0.25) is 0 Å². The first-order valence-electron chi connectivity index (χ1n) is 7.62. The molecule has 3 aromatic heterocycles. The number of fused-ring (bicyclic) bond motifs is 1. The van der Waals surface area contributed by atoms with Gasteiger partial charge in [-0.05, 0) is 38.0 Å². The van der Waals surface area contributed by atoms with Crippen LogP contribution in [0.5, 0.6) is 0 Å². The normalized spacial score (nSPS) is 14.3. The molecule has 1 fully saturated rings. The van der Waals surface area contributed by atoms with Crippen molar-refractivity contribution in [2.45, 2.75) is 26.2 Å². The van der Waals surface area contributed by atoms with Crippen LogP contribution in [0.3, 0.4) is 0 Å². The Morgan fingerprint density at radius 2 is 2.22 bits per heavy atom. The zero-order valence-electron chi connectivity index (χ0n) is 12.7. The minimum atomic E-state index is -0.477. The molecule has 1 saturated carbocycles. The lowest BCUT2D eigenvalue weighted by Crippen LogP contribution is -2.06. The number of hydrogen-bond acceptors (Lipinski definition) is 4. The maximum atomic E-state index is 13.4. The Labute approximate surface area is 132 Å². The second-order valence-corrected chi connectivity index (χ2v) is 5.96. The largest absolute Gasteiger partial charge is 0.299 e. The van der Waals surface area contributed by atoms with Crippen LogP contribution < -0.4 is 0 Å². The minimum absolute atomic E-state index is 0.199. The zero-order chi connectivity index (χ0) is 16.0. The molecule has 0 bridgehead atoms. The number of pyridine rings is 2. The number of Topliss-reactive ketones (excluding diaryl/α,β-unsaturated/α-hetero) is 1. The molecule has 0 unspecified atom stereocenters. The van der Waals surface area contributed by atoms with Crippen LogP contribution in [-0.2, 0) is 11.2 Å². The van der Waals surface area contributed by atoms with Gasteiger partial charge in [-0.15, -0.1) is 0 Å². The number of rotatable bonds is 4. The number of aryl methyl sites for hydroxylation is 1. The van der Waals surface area contributed by atoms with Crippen molar-refractivity contribution in [3.05, 3.63) is 47.8 Å². The van der Waals surface area contributed by atoms with E-state index in [0.717, 1.165) is 24.1 Å². The van der Waals surface area contributed by atoms with Gasteiger partial charge in [0, 0.05) is 23.2 Å². The Balaban J connectivity index is 1.75. The van der Waals surface area contributed by atoms with Gasteiger partial charge in [-0.3, -0.25) is 4.79 Å². The molecule has 1 aliphatic carbocycles. The van der Waals surface area contributed by atoms with E-state index in [4.69, 9.17) is 0 Å². The second-order valence-electron chi connectivity index (χ2n) is 5.96. The minimum Gasteiger partial charge on any atom is -0.299 e. The molecule has 0 N–H and O–H groups in total. The summed E-state index contributed by atoms with van der Waals surface area (Å²) in [6.45, 7) is 1.67. The van der Waals surface area contributed by atoms with Crippen LogP contribution in [0.4, 0.5) is 4.39 Å². The molecular formula is C17H15FN4O. The summed E-state index contributed by atoms with van der Waals surface area (Å²) >= 11 is 0. The number of carbonyl (C=O) groups excluding carboxylic acids is 1. The standard InChI is InChI=1S/C17H15FN4O/c1-10-7-12(9-19-17(10)18)13-3-2-4-16-20-15(21-22(13)16)8-14(23)11-5-6-11/h2-4,7,9,11H,5-6,8H2,1H3. The third-order valence-corrected chi connectivity index (χ3v) is 4.08. The molecule has 3 aromatic rings. The van der Waals surface area contributed by atoms with Crippen molar-refractivity contribution in [3.8, 4) is 11.3 Å². The van der Waals surface area contributed by atoms with Crippen LogP contribution in [0.15, 0.2) is 30.5 Å². The predicted molar refractivity (Wildman–Crippen MR) is 82.3 cm³/mol. The molecule has 0 amide bonds. The molecule has 1 aliphatic rings. The lowest BCUT2D eigenvalue weighted by Gasteiger charge is -2.05. The van der Waals surface area contributed by atoms with Crippen LogP contribution in [0.25, 0.3) is 16.9 Å². The van der Waals surface area contributed by atoms with E-state index in [9.17, 15) is 9.18 Å². The van der Waals surface area contributed by atoms with Gasteiger partial charge >= 0.3 is 0 Å². The summed E-state index contributed by atoms with van der Waals surface area (Å²) in [7, 11) is 0. The number of carbonyl (C=O) groups is 1. The summed E-state index contributed by atoms with van der Waals surface area (Å²) in [6.07, 6.45) is 3.72. The Hall–Kier alpha value is -2.63. The molecule has 6 heteroatoms. The average molecular weight is 310 g/mol. The fraction of sp³-hybridized carbons (Fsp3) is 0.294. The van der Waals surface area contributed by atoms with Crippen molar-refractivity contribution in [1.82, 2.24) is 19.6 Å². The van der Waals surface area contributed by atoms with Crippen molar-refractivity contribution in [2.75, 3.05) is 0 Å². The Morgan fingerprint density at radius 3 is 2.96 bits per heavy atom. The summed E-state index contributed by atoms with van der Waals surface area (Å²) in [5, 5.41) is 4.45. The number of aromatic nitrogens is 4. The molecule has 23 heavy (non-hydrogen) atoms. The Kier molecular flexibility index (Phi) is 3.18. The van der Waals surface area contributed by atoms with E-state index in [0.29, 0.717) is 17.0 Å². The molecule has 0 aromatic carbocycles. The average Bonchev–Trinajstić information content (AvgIpc) is 3.30. The highest BCUT2D eigenvalue weighted by Crippen LogP contribution is 2.30. The SMILES string of the molecule is Cc1cc(-c2cccc3nc(CC(=O)C4CC4)nn23)cnc1F. The second kappa shape index (κ2) is 5.22. The van der Waals surface area contributed by atoms with Gasteiger partial charge < -0.3 is 0 Å². The molecule has 4 rings (SSSR count). The first-order chi connectivity index (χ1) is 11.1. The Morgan fingerprint density at radius 1 is 1.39 bits per heavy atom. The maximum Gasteiger partial charge on any atom is 0.215 e. The van der Waals surface area contributed by atoms with Gasteiger partial charge in [0.05, 0.1) is 12.1 Å². The first kappa shape index (κ1) is 14.0. The lowest BCUT2D eigenvalue weighted by atomic mass is 10.1. The van der Waals surface area contributed by atoms with Crippen molar-refractivity contribution in [3.63, 3.8) is 0 Å². The van der Waals surface area contributed by atoms with Gasteiger partial charge in [-0.1, -0.05) is 6.07 Å². The van der Waals surface area contributed by atoms with Gasteiger partial charge in [0.15, 0.2) is 11.5 Å². The van der Waals surface area contributed by atoms with Crippen molar-refractivity contribution >= 4 is 11.4 Å². The van der Waals surface area contributed by atoms with Gasteiger partial charge in [-0.2, -0.15) is 9.49 Å². The molecule has 0 radical (unpaired) electrons. The fourth-order valence-electron chi connectivity index (χ4n) is 2.65. The highest BCUT2D eigenvalue weighted by molar-refractivity contribution is 5.84. The summed E-state index contributed by atoms with van der Waals surface area (Å²) in [5.74, 6) is 0.461. The molecule has 0 spiro atoms. The van der Waals surface area contributed by atoms with Gasteiger partial charge in [0.2, 0.25) is 5.95 Å². The highest BCUT2D eigenvalue weighted by atomic mass is 19.1. The molecule has 0 aliphatic heterocycles. The number of ketones is 1. The van der Waals surface area contributed by atoms with Crippen LogP contribution >= 0.6 is 0 Å². The lowest BCUT2D eigenvalue weighted by molar-refractivity contribution is -0.119. The van der Waals surface area contributed by atoms with E-state index in [1.54, 1.807) is 17.5 Å². The van der Waals surface area contributed by atoms with Crippen molar-refractivity contribution in [2.24, 2.45) is 5.92 Å². The van der Waals surface area contributed by atoms with Crippen LogP contribution in [-0.4, -0.2) is 25.4 Å². The Bertz CT molecular complexity index is 914. The molecule has 0 saturated heterocycles. The molecule has 0 atom stereocenters. The van der Waals surface area contributed by atoms with E-state index in [1.807, 2.05) is 18.2 Å².